The van der Waals surface area contributed by atoms with Gasteiger partial charge in [0.15, 0.2) is 0 Å². The third kappa shape index (κ3) is 18.5. The van der Waals surface area contributed by atoms with E-state index in [0.717, 1.165) is 38.5 Å². The van der Waals surface area contributed by atoms with Crippen molar-refractivity contribution in [1.29, 1.82) is 0 Å². The summed E-state index contributed by atoms with van der Waals surface area (Å²) in [4.78, 5) is 0. The molecule has 0 saturated carbocycles. The Bertz CT molecular complexity index is 1180. The minimum Gasteiger partial charge on any atom is -0.386 e. The van der Waals surface area contributed by atoms with Gasteiger partial charge in [0.05, 0.1) is 0 Å². The van der Waals surface area contributed by atoms with E-state index < -0.39 is 7.82 Å². The van der Waals surface area contributed by atoms with Crippen LogP contribution in [0.5, 0.6) is 17.2 Å². The lowest BCUT2D eigenvalue weighted by Gasteiger charge is -2.20. The fourth-order valence-electron chi connectivity index (χ4n) is 6.58. The first-order valence-corrected chi connectivity index (χ1v) is 21.9. The Labute approximate surface area is 306 Å². The summed E-state index contributed by atoms with van der Waals surface area (Å²) < 4.78 is 33.2. The van der Waals surface area contributed by atoms with Crippen molar-refractivity contribution in [3.05, 3.63) is 89.5 Å². The van der Waals surface area contributed by atoms with Crippen molar-refractivity contribution in [1.82, 2.24) is 0 Å². The fourth-order valence-corrected chi connectivity index (χ4v) is 7.80. The number of hydrogen-bond donors (Lipinski definition) is 0. The molecule has 3 aromatic carbocycles. The molecule has 0 atom stereocenters. The van der Waals surface area contributed by atoms with E-state index in [1.54, 1.807) is 0 Å². The van der Waals surface area contributed by atoms with Gasteiger partial charge in [-0.2, -0.15) is 4.57 Å². The molecule has 3 aromatic rings. The van der Waals surface area contributed by atoms with Gasteiger partial charge < -0.3 is 13.6 Å². The largest absolute Gasteiger partial charge is 0.647 e. The summed E-state index contributed by atoms with van der Waals surface area (Å²) >= 11 is 0. The molecule has 0 aliphatic heterocycles. The number of unbranched alkanes of at least 4 members (excludes halogenated alkanes) is 18. The Morgan fingerprint density at radius 1 is 0.380 bits per heavy atom. The molecule has 50 heavy (non-hydrogen) atoms. The van der Waals surface area contributed by atoms with Crippen LogP contribution in [0.25, 0.3) is 0 Å². The summed E-state index contributed by atoms with van der Waals surface area (Å²) in [5.74, 6) is 1.52. The summed E-state index contributed by atoms with van der Waals surface area (Å²) in [7, 11) is -4.09. The maximum Gasteiger partial charge on any atom is 0.647 e. The molecule has 0 radical (unpaired) electrons. The SMILES string of the molecule is CCCCCCCCCc1cccc(OP(=O)(Oc2cccc(CCCCCCCCC)c2)Oc2cccc(CCCCCCCCC)c2)c1. The molecule has 0 bridgehead atoms. The second kappa shape index (κ2) is 26.1. The van der Waals surface area contributed by atoms with E-state index in [-0.39, 0.29) is 0 Å². The maximum atomic E-state index is 14.5. The van der Waals surface area contributed by atoms with Crippen molar-refractivity contribution in [2.45, 2.75) is 175 Å². The van der Waals surface area contributed by atoms with Crippen LogP contribution in [0.3, 0.4) is 0 Å². The molecule has 0 aromatic heterocycles. The molecule has 0 saturated heterocycles. The number of phosphoric acid groups is 1. The van der Waals surface area contributed by atoms with Crippen LogP contribution in [0.15, 0.2) is 72.8 Å². The minimum atomic E-state index is -4.09. The van der Waals surface area contributed by atoms with Crippen molar-refractivity contribution in [3.63, 3.8) is 0 Å². The van der Waals surface area contributed by atoms with Gasteiger partial charge in [0.25, 0.3) is 0 Å². The highest BCUT2D eigenvalue weighted by molar-refractivity contribution is 7.49. The van der Waals surface area contributed by atoms with Crippen LogP contribution in [0.4, 0.5) is 0 Å². The van der Waals surface area contributed by atoms with Crippen LogP contribution in [-0.4, -0.2) is 0 Å². The van der Waals surface area contributed by atoms with Crippen molar-refractivity contribution in [2.24, 2.45) is 0 Å². The predicted molar refractivity (Wildman–Crippen MR) is 214 cm³/mol. The Balaban J connectivity index is 1.67. The first kappa shape index (κ1) is 41.7. The lowest BCUT2D eigenvalue weighted by Crippen LogP contribution is -2.08. The van der Waals surface area contributed by atoms with Crippen LogP contribution in [-0.2, 0) is 23.8 Å². The Hall–Kier alpha value is -2.71. The molecule has 0 aliphatic rings. The van der Waals surface area contributed by atoms with Gasteiger partial charge in [0, 0.05) is 0 Å². The molecule has 3 rings (SSSR count). The van der Waals surface area contributed by atoms with Gasteiger partial charge in [-0.25, -0.2) is 0 Å². The molecule has 0 N–H and O–H groups in total. The topological polar surface area (TPSA) is 44.8 Å². The number of rotatable bonds is 30. The van der Waals surface area contributed by atoms with E-state index in [1.165, 1.54) is 132 Å². The monoisotopic (exact) mass is 704 g/mol. The number of aryl methyl sites for hydroxylation is 3. The first-order chi connectivity index (χ1) is 24.5. The standard InChI is InChI=1S/C45H69O4P/c1-4-7-10-13-16-19-22-28-40-31-25-34-43(37-40)47-50(46,48-44-35-26-32-41(38-44)29-23-20-17-14-11-8-5-2)49-45-36-27-33-42(39-45)30-24-21-18-15-12-9-6-3/h25-27,31-39H,4-24,28-30H2,1-3H3. The smallest absolute Gasteiger partial charge is 0.386 e. The van der Waals surface area contributed by atoms with Gasteiger partial charge in [0.2, 0.25) is 0 Å². The van der Waals surface area contributed by atoms with E-state index in [1.807, 2.05) is 54.6 Å². The molecule has 0 spiro atoms. The number of benzene rings is 3. The Morgan fingerprint density at radius 3 is 0.920 bits per heavy atom. The predicted octanol–water partition coefficient (Wildman–Crippen LogP) is 15.2. The molecule has 5 heteroatoms. The summed E-state index contributed by atoms with van der Waals surface area (Å²) in [5, 5.41) is 0. The summed E-state index contributed by atoms with van der Waals surface area (Å²) in [6.07, 6.45) is 29.6. The molecule has 0 heterocycles. The van der Waals surface area contributed by atoms with E-state index in [2.05, 4.69) is 39.0 Å². The lowest BCUT2D eigenvalue weighted by atomic mass is 10.0. The van der Waals surface area contributed by atoms with Crippen LogP contribution in [0, 0.1) is 0 Å². The van der Waals surface area contributed by atoms with Gasteiger partial charge in [-0.05, 0) is 91.6 Å². The van der Waals surface area contributed by atoms with Gasteiger partial charge in [0.1, 0.15) is 17.2 Å². The average molecular weight is 705 g/mol. The normalized spacial score (nSPS) is 11.5. The number of phosphoric ester groups is 1. The maximum absolute atomic E-state index is 14.5. The summed E-state index contributed by atoms with van der Waals surface area (Å²) in [5.41, 5.74) is 3.53. The molecule has 0 unspecified atom stereocenters. The molecule has 0 fully saturated rings. The van der Waals surface area contributed by atoms with Crippen molar-refractivity contribution >= 4 is 7.82 Å². The van der Waals surface area contributed by atoms with Crippen LogP contribution in [0.2, 0.25) is 0 Å². The zero-order chi connectivity index (χ0) is 35.5. The molecule has 0 aliphatic carbocycles. The van der Waals surface area contributed by atoms with Gasteiger partial charge >= 0.3 is 7.82 Å². The highest BCUT2D eigenvalue weighted by Crippen LogP contribution is 2.50. The fraction of sp³-hybridized carbons (Fsp3) is 0.600. The molecule has 4 nitrogen and oxygen atoms in total. The second-order valence-corrected chi connectivity index (χ2v) is 15.7. The van der Waals surface area contributed by atoms with Crippen LogP contribution >= 0.6 is 7.82 Å². The van der Waals surface area contributed by atoms with Crippen LogP contribution < -0.4 is 13.6 Å². The van der Waals surface area contributed by atoms with Gasteiger partial charge in [-0.3, -0.25) is 0 Å². The van der Waals surface area contributed by atoms with E-state index in [9.17, 15) is 4.57 Å². The van der Waals surface area contributed by atoms with E-state index in [4.69, 9.17) is 13.6 Å². The summed E-state index contributed by atoms with van der Waals surface area (Å²) in [6, 6.07) is 23.8. The second-order valence-electron chi connectivity index (χ2n) is 14.3. The quantitative estimate of drug-likeness (QED) is 0.0512. The highest BCUT2D eigenvalue weighted by atomic mass is 31.2. The minimum absolute atomic E-state index is 0.507. The third-order valence-corrected chi connectivity index (χ3v) is 10.9. The van der Waals surface area contributed by atoms with Crippen molar-refractivity contribution in [3.8, 4) is 17.2 Å². The highest BCUT2D eigenvalue weighted by Gasteiger charge is 2.33. The van der Waals surface area contributed by atoms with E-state index >= 15 is 0 Å². The average Bonchev–Trinajstić information content (AvgIpc) is 3.11. The number of hydrogen-bond acceptors (Lipinski definition) is 4. The van der Waals surface area contributed by atoms with Crippen molar-refractivity contribution < 1.29 is 18.1 Å². The zero-order valence-electron chi connectivity index (χ0n) is 32.0. The van der Waals surface area contributed by atoms with Gasteiger partial charge in [-0.15, -0.1) is 0 Å². The Kier molecular flexibility index (Phi) is 21.8. The zero-order valence-corrected chi connectivity index (χ0v) is 32.9. The molecule has 278 valence electrons. The molecular formula is C45H69O4P. The first-order valence-electron chi connectivity index (χ1n) is 20.5. The van der Waals surface area contributed by atoms with Gasteiger partial charge in [-0.1, -0.05) is 173 Å². The molecule has 0 amide bonds. The molecular weight excluding hydrogens is 635 g/mol. The lowest BCUT2D eigenvalue weighted by molar-refractivity contribution is 0.298. The Morgan fingerprint density at radius 2 is 0.640 bits per heavy atom. The van der Waals surface area contributed by atoms with Crippen LogP contribution in [0.1, 0.15) is 172 Å². The van der Waals surface area contributed by atoms with E-state index in [0.29, 0.717) is 17.2 Å². The third-order valence-electron chi connectivity index (χ3n) is 9.55. The van der Waals surface area contributed by atoms with Crippen molar-refractivity contribution in [2.75, 3.05) is 0 Å². The summed E-state index contributed by atoms with van der Waals surface area (Å²) in [6.45, 7) is 6.77.